The maximum absolute atomic E-state index is 13.1. The molecule has 4 nitrogen and oxygen atoms in total. The molecule has 1 aliphatic rings. The van der Waals surface area contributed by atoms with Crippen molar-refractivity contribution in [2.75, 3.05) is 0 Å². The van der Waals surface area contributed by atoms with Crippen LogP contribution in [0.15, 0.2) is 90.5 Å². The van der Waals surface area contributed by atoms with Gasteiger partial charge in [-0.15, -0.1) is 0 Å². The van der Waals surface area contributed by atoms with E-state index in [-0.39, 0.29) is 11.8 Å². The van der Waals surface area contributed by atoms with E-state index in [2.05, 4.69) is 5.43 Å². The van der Waals surface area contributed by atoms with Crippen molar-refractivity contribution >= 4 is 46.8 Å². The third-order valence-corrected chi connectivity index (χ3v) is 5.31. The molecule has 0 spiro atoms. The molecule has 0 radical (unpaired) electrons. The minimum absolute atomic E-state index is 0.354. The van der Waals surface area contributed by atoms with Gasteiger partial charge in [-0.1, -0.05) is 77.8 Å². The molecule has 3 aromatic carbocycles. The first-order chi connectivity index (χ1) is 14.5. The lowest BCUT2D eigenvalue weighted by Crippen LogP contribution is -2.47. The van der Waals surface area contributed by atoms with Gasteiger partial charge in [0.25, 0.3) is 11.8 Å². The van der Waals surface area contributed by atoms with E-state index in [4.69, 9.17) is 23.2 Å². The van der Waals surface area contributed by atoms with Gasteiger partial charge in [-0.3, -0.25) is 15.0 Å². The van der Waals surface area contributed by atoms with Gasteiger partial charge in [-0.05, 0) is 42.0 Å². The molecule has 6 heteroatoms. The summed E-state index contributed by atoms with van der Waals surface area (Å²) in [6.07, 6.45) is 3.43. The molecule has 0 aromatic heterocycles. The van der Waals surface area contributed by atoms with Crippen LogP contribution in [0.5, 0.6) is 0 Å². The summed E-state index contributed by atoms with van der Waals surface area (Å²) in [6, 6.07) is 23.3. The van der Waals surface area contributed by atoms with E-state index in [0.29, 0.717) is 32.4 Å². The number of hydrogen-bond donors (Lipinski definition) is 1. The molecule has 0 aliphatic carbocycles. The molecule has 4 rings (SSSR count). The highest BCUT2D eigenvalue weighted by Crippen LogP contribution is 2.31. The fourth-order valence-corrected chi connectivity index (χ4v) is 3.38. The number of nitrogens with one attached hydrogen (secondary N) is 1. The van der Waals surface area contributed by atoms with Crippen LogP contribution in [0.4, 0.5) is 0 Å². The molecule has 1 aliphatic heterocycles. The fourth-order valence-electron chi connectivity index (χ4n) is 3.08. The summed E-state index contributed by atoms with van der Waals surface area (Å²) in [4.78, 5) is 25.9. The summed E-state index contributed by atoms with van der Waals surface area (Å²) in [5, 5.41) is 1.99. The predicted octanol–water partition coefficient (Wildman–Crippen LogP) is 5.61. The van der Waals surface area contributed by atoms with Crippen LogP contribution in [0.2, 0.25) is 10.0 Å². The molecule has 3 aromatic rings. The van der Waals surface area contributed by atoms with Crippen LogP contribution in [0.1, 0.15) is 21.5 Å². The van der Waals surface area contributed by atoms with E-state index in [9.17, 15) is 9.59 Å². The average molecular weight is 435 g/mol. The number of amides is 2. The Bertz CT molecular complexity index is 1170. The van der Waals surface area contributed by atoms with E-state index in [1.54, 1.807) is 54.6 Å². The Labute approximate surface area is 184 Å². The Morgan fingerprint density at radius 2 is 1.53 bits per heavy atom. The Morgan fingerprint density at radius 1 is 0.867 bits per heavy atom. The summed E-state index contributed by atoms with van der Waals surface area (Å²) >= 11 is 12.3. The van der Waals surface area contributed by atoms with Gasteiger partial charge in [0.1, 0.15) is 0 Å². The minimum Gasteiger partial charge on any atom is -0.267 e. The third-order valence-electron chi connectivity index (χ3n) is 4.57. The van der Waals surface area contributed by atoms with Crippen molar-refractivity contribution < 1.29 is 9.59 Å². The Balaban J connectivity index is 1.83. The van der Waals surface area contributed by atoms with E-state index in [0.717, 1.165) is 5.56 Å². The van der Waals surface area contributed by atoms with Crippen molar-refractivity contribution in [2.45, 2.75) is 0 Å². The number of benzene rings is 3. The summed E-state index contributed by atoms with van der Waals surface area (Å²) < 4.78 is 0. The molecule has 1 N–H and O–H groups in total. The van der Waals surface area contributed by atoms with Crippen LogP contribution >= 0.6 is 23.2 Å². The minimum atomic E-state index is -0.382. The topological polar surface area (TPSA) is 49.4 Å². The van der Waals surface area contributed by atoms with Crippen LogP contribution in [0.25, 0.3) is 11.8 Å². The molecule has 0 bridgehead atoms. The number of carbonyl (C=O) groups is 2. The molecule has 0 fully saturated rings. The Hall–Kier alpha value is -3.34. The number of halogens is 2. The van der Waals surface area contributed by atoms with Gasteiger partial charge < -0.3 is 0 Å². The van der Waals surface area contributed by atoms with Gasteiger partial charge in [-0.2, -0.15) is 0 Å². The van der Waals surface area contributed by atoms with Crippen LogP contribution in [0, 0.1) is 0 Å². The second-order valence-electron chi connectivity index (χ2n) is 6.62. The highest BCUT2D eigenvalue weighted by atomic mass is 35.5. The molecule has 0 saturated carbocycles. The molecular weight excluding hydrogens is 419 g/mol. The molecule has 148 valence electrons. The van der Waals surface area contributed by atoms with Gasteiger partial charge in [0.15, 0.2) is 0 Å². The smallest absolute Gasteiger partial charge is 0.267 e. The molecule has 0 saturated heterocycles. The molecule has 0 atom stereocenters. The first-order valence-electron chi connectivity index (χ1n) is 9.17. The molecule has 2 amide bonds. The van der Waals surface area contributed by atoms with Crippen LogP contribution in [-0.2, 0) is 4.79 Å². The molecule has 30 heavy (non-hydrogen) atoms. The predicted molar refractivity (Wildman–Crippen MR) is 120 cm³/mol. The van der Waals surface area contributed by atoms with Crippen LogP contribution < -0.4 is 5.43 Å². The van der Waals surface area contributed by atoms with Crippen molar-refractivity contribution in [3.8, 4) is 0 Å². The zero-order chi connectivity index (χ0) is 21.1. The molecule has 1 heterocycles. The standard InChI is InChI=1S/C24H16Cl2N2O2/c25-20-12-11-18(14-21(20)26)22-15-19(13-16-7-3-1-4-8-16)23(29)27-28(22)24(30)17-9-5-2-6-10-17/h1-15H,(H,27,29)/b19-13+. The second-order valence-corrected chi connectivity index (χ2v) is 7.43. The maximum Gasteiger partial charge on any atom is 0.277 e. The number of carbonyl (C=O) groups excluding carboxylic acids is 2. The lowest BCUT2D eigenvalue weighted by atomic mass is 10.0. The van der Waals surface area contributed by atoms with Crippen molar-refractivity contribution in [3.63, 3.8) is 0 Å². The fraction of sp³-hybridized carbons (Fsp3) is 0. The Kier molecular flexibility index (Phi) is 5.70. The van der Waals surface area contributed by atoms with Crippen molar-refractivity contribution in [2.24, 2.45) is 0 Å². The Morgan fingerprint density at radius 3 is 2.20 bits per heavy atom. The normalized spacial score (nSPS) is 15.0. The summed E-state index contributed by atoms with van der Waals surface area (Å²) in [5.41, 5.74) is 5.57. The first-order valence-corrected chi connectivity index (χ1v) is 9.93. The summed E-state index contributed by atoms with van der Waals surface area (Å²) in [7, 11) is 0. The van der Waals surface area contributed by atoms with Gasteiger partial charge in [-0.25, -0.2) is 5.01 Å². The number of nitrogens with zero attached hydrogens (tertiary/aromatic N) is 1. The number of rotatable bonds is 3. The van der Waals surface area contributed by atoms with Crippen LogP contribution in [0.3, 0.4) is 0 Å². The van der Waals surface area contributed by atoms with E-state index in [1.807, 2.05) is 36.4 Å². The van der Waals surface area contributed by atoms with Gasteiger partial charge in [0.05, 0.1) is 15.7 Å². The maximum atomic E-state index is 13.1. The van der Waals surface area contributed by atoms with Gasteiger partial charge >= 0.3 is 0 Å². The van der Waals surface area contributed by atoms with Crippen molar-refractivity contribution in [3.05, 3.63) is 117 Å². The van der Waals surface area contributed by atoms with Gasteiger partial charge in [0, 0.05) is 16.7 Å². The number of hydrazine groups is 1. The van der Waals surface area contributed by atoms with Crippen molar-refractivity contribution in [1.82, 2.24) is 10.4 Å². The quantitative estimate of drug-likeness (QED) is 0.544. The van der Waals surface area contributed by atoms with Gasteiger partial charge in [0.2, 0.25) is 0 Å². The van der Waals surface area contributed by atoms with Crippen LogP contribution in [-0.4, -0.2) is 16.8 Å². The average Bonchev–Trinajstić information content (AvgIpc) is 2.77. The number of hydrogen-bond acceptors (Lipinski definition) is 2. The highest BCUT2D eigenvalue weighted by molar-refractivity contribution is 6.42. The lowest BCUT2D eigenvalue weighted by Gasteiger charge is -2.30. The SMILES string of the molecule is O=C1NN(C(=O)c2ccccc2)C(c2ccc(Cl)c(Cl)c2)=C/C1=C\c1ccccc1. The molecular formula is C24H16Cl2N2O2. The lowest BCUT2D eigenvalue weighted by molar-refractivity contribution is -0.120. The van der Waals surface area contributed by atoms with E-state index < -0.39 is 0 Å². The summed E-state index contributed by atoms with van der Waals surface area (Å²) in [5.74, 6) is -0.744. The zero-order valence-corrected chi connectivity index (χ0v) is 17.2. The third kappa shape index (κ3) is 4.15. The van der Waals surface area contributed by atoms with E-state index in [1.165, 1.54) is 5.01 Å². The highest BCUT2D eigenvalue weighted by Gasteiger charge is 2.29. The first kappa shape index (κ1) is 20.0. The van der Waals surface area contributed by atoms with Crippen molar-refractivity contribution in [1.29, 1.82) is 0 Å². The second kappa shape index (κ2) is 8.57. The monoisotopic (exact) mass is 434 g/mol. The summed E-state index contributed by atoms with van der Waals surface area (Å²) in [6.45, 7) is 0. The largest absolute Gasteiger partial charge is 0.277 e. The zero-order valence-electron chi connectivity index (χ0n) is 15.7. The van der Waals surface area contributed by atoms with E-state index >= 15 is 0 Å². The molecule has 0 unspecified atom stereocenters.